The van der Waals surface area contributed by atoms with Gasteiger partial charge in [0.05, 0.1) is 16.6 Å². The first-order chi connectivity index (χ1) is 12.9. The van der Waals surface area contributed by atoms with Gasteiger partial charge in [0.25, 0.3) is 5.91 Å². The Bertz CT molecular complexity index is 910. The monoisotopic (exact) mass is 366 g/mol. The van der Waals surface area contributed by atoms with Crippen molar-refractivity contribution in [1.82, 2.24) is 29.6 Å². The quantitative estimate of drug-likeness (QED) is 0.773. The van der Waals surface area contributed by atoms with Gasteiger partial charge in [-0.2, -0.15) is 0 Å². The van der Waals surface area contributed by atoms with Gasteiger partial charge in [0, 0.05) is 19.5 Å². The van der Waals surface area contributed by atoms with Crippen molar-refractivity contribution in [2.75, 3.05) is 13.1 Å². The highest BCUT2D eigenvalue weighted by atomic mass is 16.2. The van der Waals surface area contributed by atoms with Gasteiger partial charge < -0.3 is 9.88 Å². The molecule has 1 N–H and O–H groups in total. The van der Waals surface area contributed by atoms with E-state index in [4.69, 9.17) is 0 Å². The average molecular weight is 366 g/mol. The molecular weight excluding hydrogens is 340 g/mol. The highest BCUT2D eigenvalue weighted by Gasteiger charge is 2.27. The first-order valence-electron chi connectivity index (χ1n) is 9.55. The number of piperidine rings is 1. The van der Waals surface area contributed by atoms with E-state index in [1.54, 1.807) is 11.0 Å². The molecule has 1 fully saturated rings. The number of hydrogen-bond donors (Lipinski definition) is 1. The molecule has 142 valence electrons. The fraction of sp³-hybridized carbons (Fsp3) is 0.500. The predicted molar refractivity (Wildman–Crippen MR) is 103 cm³/mol. The summed E-state index contributed by atoms with van der Waals surface area (Å²) in [4.78, 5) is 26.9. The number of likely N-dealkylation sites (tertiary alicyclic amines) is 1. The Morgan fingerprint density at radius 2 is 1.96 bits per heavy atom. The van der Waals surface area contributed by atoms with E-state index in [2.05, 4.69) is 26.1 Å². The van der Waals surface area contributed by atoms with E-state index in [9.17, 15) is 4.79 Å². The van der Waals surface area contributed by atoms with Crippen LogP contribution in [-0.4, -0.2) is 48.6 Å². The summed E-state index contributed by atoms with van der Waals surface area (Å²) in [7, 11) is 0. The highest BCUT2D eigenvalue weighted by Crippen LogP contribution is 2.23. The van der Waals surface area contributed by atoms with Crippen LogP contribution in [0.3, 0.4) is 0 Å². The maximum Gasteiger partial charge on any atom is 0.293 e. The normalized spacial score (nSPS) is 16.2. The zero-order valence-corrected chi connectivity index (χ0v) is 16.1. The Morgan fingerprint density at radius 3 is 2.63 bits per heavy atom. The Hall–Kier alpha value is -2.70. The molecular formula is C20H26N6O. The number of hydrogen-bond acceptors (Lipinski definition) is 4. The van der Waals surface area contributed by atoms with Crippen molar-refractivity contribution in [1.29, 1.82) is 0 Å². The molecule has 1 aliphatic heterocycles. The third-order valence-corrected chi connectivity index (χ3v) is 5.19. The van der Waals surface area contributed by atoms with E-state index in [-0.39, 0.29) is 11.4 Å². The molecule has 0 bridgehead atoms. The molecule has 1 saturated heterocycles. The molecule has 7 nitrogen and oxygen atoms in total. The number of fused-ring (bicyclic) bond motifs is 1. The molecule has 1 aromatic carbocycles. The van der Waals surface area contributed by atoms with Crippen molar-refractivity contribution >= 4 is 16.9 Å². The van der Waals surface area contributed by atoms with Gasteiger partial charge in [-0.05, 0) is 51.7 Å². The molecule has 0 radical (unpaired) electrons. The second kappa shape index (κ2) is 6.79. The SMILES string of the molecule is CC(C)(C)n1cnc(C(=O)N2CCC(Cc3nc4ccccc4[nH]3)CC2)n1. The van der Waals surface area contributed by atoms with Crippen LogP contribution in [-0.2, 0) is 12.0 Å². The summed E-state index contributed by atoms with van der Waals surface area (Å²) in [6.45, 7) is 7.61. The topological polar surface area (TPSA) is 79.7 Å². The molecule has 0 unspecified atom stereocenters. The Morgan fingerprint density at radius 1 is 1.22 bits per heavy atom. The van der Waals surface area contributed by atoms with Crippen LogP contribution in [0.15, 0.2) is 30.6 Å². The van der Waals surface area contributed by atoms with Crippen molar-refractivity contribution in [3.05, 3.63) is 42.2 Å². The fourth-order valence-corrected chi connectivity index (χ4v) is 3.54. The molecule has 0 spiro atoms. The van der Waals surface area contributed by atoms with Gasteiger partial charge in [-0.1, -0.05) is 12.1 Å². The summed E-state index contributed by atoms with van der Waals surface area (Å²) in [5.41, 5.74) is 1.92. The van der Waals surface area contributed by atoms with E-state index in [0.29, 0.717) is 11.7 Å². The standard InChI is InChI=1S/C20H26N6O/c1-20(2,3)26-13-21-18(24-26)19(27)25-10-8-14(9-11-25)12-17-22-15-6-4-5-7-16(15)23-17/h4-7,13-14H,8-12H2,1-3H3,(H,22,23). The van der Waals surface area contributed by atoms with E-state index in [1.807, 2.05) is 43.9 Å². The number of aromatic nitrogens is 5. The molecule has 3 aromatic rings. The zero-order chi connectivity index (χ0) is 19.0. The Kier molecular flexibility index (Phi) is 4.45. The third kappa shape index (κ3) is 3.72. The summed E-state index contributed by atoms with van der Waals surface area (Å²) in [5, 5.41) is 4.37. The third-order valence-electron chi connectivity index (χ3n) is 5.19. The smallest absolute Gasteiger partial charge is 0.293 e. The van der Waals surface area contributed by atoms with Crippen molar-refractivity contribution in [3.63, 3.8) is 0 Å². The van der Waals surface area contributed by atoms with Gasteiger partial charge in [0.1, 0.15) is 12.2 Å². The Balaban J connectivity index is 1.35. The lowest BCUT2D eigenvalue weighted by Crippen LogP contribution is -2.39. The lowest BCUT2D eigenvalue weighted by atomic mass is 9.93. The number of para-hydroxylation sites is 2. The molecule has 0 aliphatic carbocycles. The molecule has 7 heteroatoms. The van der Waals surface area contributed by atoms with Crippen LogP contribution in [0.5, 0.6) is 0 Å². The minimum Gasteiger partial charge on any atom is -0.342 e. The zero-order valence-electron chi connectivity index (χ0n) is 16.1. The van der Waals surface area contributed by atoms with Gasteiger partial charge in [0.2, 0.25) is 5.82 Å². The lowest BCUT2D eigenvalue weighted by molar-refractivity contribution is 0.0676. The maximum absolute atomic E-state index is 12.7. The first-order valence-corrected chi connectivity index (χ1v) is 9.55. The largest absolute Gasteiger partial charge is 0.342 e. The number of rotatable bonds is 3. The molecule has 27 heavy (non-hydrogen) atoms. The minimum atomic E-state index is -0.175. The number of carbonyl (C=O) groups is 1. The molecule has 1 aliphatic rings. The summed E-state index contributed by atoms with van der Waals surface area (Å²) in [5.74, 6) is 1.79. The maximum atomic E-state index is 12.7. The first kappa shape index (κ1) is 17.7. The van der Waals surface area contributed by atoms with Crippen molar-refractivity contribution < 1.29 is 4.79 Å². The second-order valence-corrected chi connectivity index (χ2v) is 8.32. The minimum absolute atomic E-state index is 0.0693. The number of benzene rings is 1. The second-order valence-electron chi connectivity index (χ2n) is 8.32. The van der Waals surface area contributed by atoms with Crippen LogP contribution in [0.2, 0.25) is 0 Å². The van der Waals surface area contributed by atoms with Gasteiger partial charge in [0.15, 0.2) is 0 Å². The van der Waals surface area contributed by atoms with Gasteiger partial charge >= 0.3 is 0 Å². The van der Waals surface area contributed by atoms with Crippen molar-refractivity contribution in [2.24, 2.45) is 5.92 Å². The number of amides is 1. The summed E-state index contributed by atoms with van der Waals surface area (Å²) in [6, 6.07) is 8.10. The van der Waals surface area contributed by atoms with Crippen LogP contribution in [0.4, 0.5) is 0 Å². The van der Waals surface area contributed by atoms with Crippen LogP contribution < -0.4 is 0 Å². The van der Waals surface area contributed by atoms with Crippen LogP contribution >= 0.6 is 0 Å². The fourth-order valence-electron chi connectivity index (χ4n) is 3.54. The van der Waals surface area contributed by atoms with Crippen molar-refractivity contribution in [3.8, 4) is 0 Å². The van der Waals surface area contributed by atoms with Crippen LogP contribution in [0, 0.1) is 5.92 Å². The number of imidazole rings is 1. The highest BCUT2D eigenvalue weighted by molar-refractivity contribution is 5.90. The number of H-pyrrole nitrogens is 1. The van der Waals surface area contributed by atoms with Gasteiger partial charge in [-0.25, -0.2) is 14.6 Å². The summed E-state index contributed by atoms with van der Waals surface area (Å²) < 4.78 is 1.74. The number of carbonyl (C=O) groups excluding carboxylic acids is 1. The van der Waals surface area contributed by atoms with Gasteiger partial charge in [-0.3, -0.25) is 4.79 Å². The summed E-state index contributed by atoms with van der Waals surface area (Å²) in [6.07, 6.45) is 4.51. The van der Waals surface area contributed by atoms with Gasteiger partial charge in [-0.15, -0.1) is 5.10 Å². The van der Waals surface area contributed by atoms with E-state index in [0.717, 1.165) is 49.2 Å². The lowest BCUT2D eigenvalue weighted by Gasteiger charge is -2.31. The average Bonchev–Trinajstić information content (AvgIpc) is 3.28. The molecule has 2 aromatic heterocycles. The van der Waals surface area contributed by atoms with Crippen molar-refractivity contribution in [2.45, 2.75) is 45.6 Å². The van der Waals surface area contributed by atoms with E-state index >= 15 is 0 Å². The summed E-state index contributed by atoms with van der Waals surface area (Å²) >= 11 is 0. The molecule has 4 rings (SSSR count). The van der Waals surface area contributed by atoms with E-state index < -0.39 is 0 Å². The number of nitrogens with one attached hydrogen (secondary N) is 1. The molecule has 3 heterocycles. The number of aromatic amines is 1. The molecule has 1 amide bonds. The van der Waals surface area contributed by atoms with Crippen LogP contribution in [0.1, 0.15) is 50.1 Å². The molecule has 0 atom stereocenters. The number of nitrogens with zero attached hydrogens (tertiary/aromatic N) is 5. The van der Waals surface area contributed by atoms with Crippen LogP contribution in [0.25, 0.3) is 11.0 Å². The van der Waals surface area contributed by atoms with E-state index in [1.165, 1.54) is 0 Å². The Labute approximate surface area is 158 Å². The predicted octanol–water partition coefficient (Wildman–Crippen LogP) is 3.00. The molecule has 0 saturated carbocycles.